The number of piperazine rings is 1. The Labute approximate surface area is 290 Å². The van der Waals surface area contributed by atoms with E-state index in [2.05, 4.69) is 56.7 Å². The van der Waals surface area contributed by atoms with Gasteiger partial charge in [0.1, 0.15) is 11.9 Å². The van der Waals surface area contributed by atoms with E-state index in [1.54, 1.807) is 6.07 Å². The fourth-order valence-corrected chi connectivity index (χ4v) is 8.91. The zero-order chi connectivity index (χ0) is 32.3. The molecule has 4 aromatic carbocycles. The summed E-state index contributed by atoms with van der Waals surface area (Å²) in [5, 5.41) is 2.07. The van der Waals surface area contributed by atoms with Gasteiger partial charge in [0.2, 0.25) is 0 Å². The molecule has 242 valence electrons. The minimum absolute atomic E-state index is 0.200. The third-order valence-corrected chi connectivity index (χ3v) is 12.2. The summed E-state index contributed by atoms with van der Waals surface area (Å²) in [7, 11) is 0. The summed E-state index contributed by atoms with van der Waals surface area (Å²) in [5.41, 5.74) is 0.960. The molecule has 4 aromatic rings. The molecule has 1 fully saturated rings. The molecular weight excluding hydrogens is 742 g/mol. The second-order valence-corrected chi connectivity index (χ2v) is 15.0. The van der Waals surface area contributed by atoms with Crippen LogP contribution in [0.3, 0.4) is 0 Å². The van der Waals surface area contributed by atoms with Gasteiger partial charge in [-0.1, -0.05) is 54.2 Å². The van der Waals surface area contributed by atoms with Crippen molar-refractivity contribution in [2.45, 2.75) is 39.5 Å². The maximum Gasteiger partial charge on any atom is 0.416 e. The first-order valence-corrected chi connectivity index (χ1v) is 18.2. The smallest absolute Gasteiger partial charge is 0.416 e. The average molecular weight is 778 g/mol. The van der Waals surface area contributed by atoms with E-state index < -0.39 is 11.7 Å². The highest BCUT2D eigenvalue weighted by molar-refractivity contribution is 14.1. The molecule has 0 radical (unpaired) electrons. The quantitative estimate of drug-likeness (QED) is 0.0906. The standard InChI is InChI=1S/C35H35F3IN3O2S2/c1-24(45-32-13-11-25-7-2-3-8-27(25)33(32)39)34(43)44-22-21-41-19-17-40(18-20-41)15-6-16-42-28-9-4-5-10-30(28)46-31-14-12-26(23-29(31)42)35(36,37)38/h2-5,7-14,23-24H,6,15-22H2,1H3. The van der Waals surface area contributed by atoms with Crippen LogP contribution < -0.4 is 4.90 Å². The van der Waals surface area contributed by atoms with E-state index in [4.69, 9.17) is 4.74 Å². The number of thioether (sulfide) groups is 1. The number of para-hydroxylation sites is 1. The molecule has 1 atom stereocenters. The summed E-state index contributed by atoms with van der Waals surface area (Å²) in [6.45, 7) is 8.04. The van der Waals surface area contributed by atoms with Crippen molar-refractivity contribution in [2.24, 2.45) is 0 Å². The molecule has 11 heteroatoms. The lowest BCUT2D eigenvalue weighted by Crippen LogP contribution is -2.47. The van der Waals surface area contributed by atoms with Crippen LogP contribution in [-0.4, -0.2) is 73.4 Å². The Bertz CT molecular complexity index is 1700. The molecule has 2 aliphatic rings. The Morgan fingerprint density at radius 2 is 1.59 bits per heavy atom. The molecule has 1 unspecified atom stereocenters. The molecule has 5 nitrogen and oxygen atoms in total. The Balaban J connectivity index is 0.946. The Hall–Kier alpha value is -2.45. The number of fused-ring (bicyclic) bond motifs is 3. The van der Waals surface area contributed by atoms with Gasteiger partial charge in [-0.15, -0.1) is 11.8 Å². The fraction of sp³-hybridized carbons (Fsp3) is 0.343. The van der Waals surface area contributed by atoms with Crippen molar-refractivity contribution in [2.75, 3.05) is 57.3 Å². The highest BCUT2D eigenvalue weighted by atomic mass is 127. The summed E-state index contributed by atoms with van der Waals surface area (Å²) >= 11 is 5.41. The zero-order valence-electron chi connectivity index (χ0n) is 25.4. The minimum atomic E-state index is -4.38. The maximum absolute atomic E-state index is 13.5. The van der Waals surface area contributed by atoms with Gasteiger partial charge in [0, 0.05) is 57.5 Å². The molecule has 0 spiro atoms. The van der Waals surface area contributed by atoms with Crippen LogP contribution in [0.5, 0.6) is 0 Å². The van der Waals surface area contributed by atoms with Crippen LogP contribution in [-0.2, 0) is 15.7 Å². The number of anilines is 2. The number of ether oxygens (including phenoxy) is 1. The lowest BCUT2D eigenvalue weighted by Gasteiger charge is -2.36. The number of alkyl halides is 3. The van der Waals surface area contributed by atoms with E-state index in [1.807, 2.05) is 48.2 Å². The van der Waals surface area contributed by atoms with Crippen LogP contribution in [0.15, 0.2) is 93.5 Å². The highest BCUT2D eigenvalue weighted by Crippen LogP contribution is 2.49. The Morgan fingerprint density at radius 3 is 2.37 bits per heavy atom. The molecule has 1 saturated heterocycles. The SMILES string of the molecule is CC(Sc1ccc2ccccc2c1I)C(=O)OCCN1CCN(CCCN2c3ccccc3Sc3ccc(C(F)(F)F)cc32)CC1. The van der Waals surface area contributed by atoms with Crippen molar-refractivity contribution in [1.29, 1.82) is 0 Å². The lowest BCUT2D eigenvalue weighted by molar-refractivity contribution is -0.143. The van der Waals surface area contributed by atoms with Crippen LogP contribution in [0.2, 0.25) is 0 Å². The van der Waals surface area contributed by atoms with E-state index >= 15 is 0 Å². The van der Waals surface area contributed by atoms with Crippen molar-refractivity contribution in [3.8, 4) is 0 Å². The predicted octanol–water partition coefficient (Wildman–Crippen LogP) is 8.80. The molecule has 0 N–H and O–H groups in total. The van der Waals surface area contributed by atoms with E-state index in [0.29, 0.717) is 25.4 Å². The van der Waals surface area contributed by atoms with E-state index in [-0.39, 0.29) is 11.2 Å². The van der Waals surface area contributed by atoms with Gasteiger partial charge >= 0.3 is 12.1 Å². The lowest BCUT2D eigenvalue weighted by atomic mass is 10.1. The summed E-state index contributed by atoms with van der Waals surface area (Å²) in [6.07, 6.45) is -3.55. The molecule has 6 rings (SSSR count). The maximum atomic E-state index is 13.5. The summed E-state index contributed by atoms with van der Waals surface area (Å²) < 4.78 is 47.4. The normalized spacial score (nSPS) is 16.2. The van der Waals surface area contributed by atoms with Crippen LogP contribution >= 0.6 is 46.1 Å². The number of benzene rings is 4. The van der Waals surface area contributed by atoms with Crippen molar-refractivity contribution in [3.05, 3.63) is 88.0 Å². The molecular formula is C35H35F3IN3O2S2. The van der Waals surface area contributed by atoms with Crippen LogP contribution in [0, 0.1) is 3.57 Å². The topological polar surface area (TPSA) is 36.0 Å². The number of carbonyl (C=O) groups excluding carboxylic acids is 1. The molecule has 46 heavy (non-hydrogen) atoms. The number of nitrogens with zero attached hydrogens (tertiary/aromatic N) is 3. The van der Waals surface area contributed by atoms with E-state index in [0.717, 1.165) is 63.1 Å². The van der Waals surface area contributed by atoms with Gasteiger partial charge in [0.25, 0.3) is 0 Å². The van der Waals surface area contributed by atoms with E-state index in [9.17, 15) is 18.0 Å². The van der Waals surface area contributed by atoms with Crippen molar-refractivity contribution in [1.82, 2.24) is 9.80 Å². The molecule has 2 aliphatic heterocycles. The molecule has 2 heterocycles. The van der Waals surface area contributed by atoms with Gasteiger partial charge < -0.3 is 14.5 Å². The van der Waals surface area contributed by atoms with Gasteiger partial charge in [0.15, 0.2) is 0 Å². The number of carbonyl (C=O) groups is 1. The van der Waals surface area contributed by atoms with Crippen LogP contribution in [0.1, 0.15) is 18.9 Å². The number of halogens is 4. The second-order valence-electron chi connectivity index (χ2n) is 11.5. The average Bonchev–Trinajstić information content (AvgIpc) is 3.05. The monoisotopic (exact) mass is 777 g/mol. The fourth-order valence-electron chi connectivity index (χ4n) is 5.87. The zero-order valence-corrected chi connectivity index (χ0v) is 29.2. The molecule has 0 aromatic heterocycles. The second kappa shape index (κ2) is 14.8. The third-order valence-electron chi connectivity index (χ3n) is 8.39. The molecule has 0 aliphatic carbocycles. The van der Waals surface area contributed by atoms with Crippen molar-refractivity contribution >= 4 is 74.2 Å². The van der Waals surface area contributed by atoms with Crippen molar-refractivity contribution in [3.63, 3.8) is 0 Å². The first-order chi connectivity index (χ1) is 22.2. The first-order valence-electron chi connectivity index (χ1n) is 15.4. The molecule has 0 amide bonds. The molecule has 0 bridgehead atoms. The Morgan fingerprint density at radius 1 is 0.891 bits per heavy atom. The Kier molecular flexibility index (Phi) is 10.7. The van der Waals surface area contributed by atoms with Gasteiger partial charge in [-0.2, -0.15) is 13.2 Å². The van der Waals surface area contributed by atoms with Gasteiger partial charge in [0.05, 0.1) is 16.9 Å². The summed E-state index contributed by atoms with van der Waals surface area (Å²) in [6, 6.07) is 24.4. The number of esters is 1. The largest absolute Gasteiger partial charge is 0.463 e. The summed E-state index contributed by atoms with van der Waals surface area (Å²) in [4.78, 5) is 22.5. The van der Waals surface area contributed by atoms with Crippen LogP contribution in [0.25, 0.3) is 10.8 Å². The third kappa shape index (κ3) is 7.81. The van der Waals surface area contributed by atoms with Crippen LogP contribution in [0.4, 0.5) is 24.5 Å². The van der Waals surface area contributed by atoms with Gasteiger partial charge in [-0.05, 0) is 89.7 Å². The number of rotatable bonds is 10. The van der Waals surface area contributed by atoms with Gasteiger partial charge in [-0.25, -0.2) is 0 Å². The number of hydrogen-bond acceptors (Lipinski definition) is 7. The van der Waals surface area contributed by atoms with Crippen molar-refractivity contribution < 1.29 is 22.7 Å². The first kappa shape index (κ1) is 33.5. The van der Waals surface area contributed by atoms with Gasteiger partial charge in [-0.3, -0.25) is 9.69 Å². The highest BCUT2D eigenvalue weighted by Gasteiger charge is 2.33. The number of hydrogen-bond donors (Lipinski definition) is 0. The van der Waals surface area contributed by atoms with E-state index in [1.165, 1.54) is 46.4 Å². The minimum Gasteiger partial charge on any atom is -0.463 e. The molecule has 0 saturated carbocycles. The summed E-state index contributed by atoms with van der Waals surface area (Å²) in [5.74, 6) is -0.200. The predicted molar refractivity (Wildman–Crippen MR) is 189 cm³/mol.